The largest absolute Gasteiger partial charge is 0.354 e. The molecule has 1 fully saturated rings. The van der Waals surface area contributed by atoms with Gasteiger partial charge in [0.2, 0.25) is 26.0 Å². The second-order valence-electron chi connectivity index (χ2n) is 7.56. The number of hydrogen-bond donors (Lipinski definition) is 1. The summed E-state index contributed by atoms with van der Waals surface area (Å²) in [6, 6.07) is 14.0. The van der Waals surface area contributed by atoms with E-state index >= 15 is 0 Å². The first kappa shape index (κ1) is 23.4. The Labute approximate surface area is 184 Å². The smallest absolute Gasteiger partial charge is 0.243 e. The second-order valence-corrected chi connectivity index (χ2v) is 11.6. The summed E-state index contributed by atoms with van der Waals surface area (Å²) in [6.07, 6.45) is 1.69. The van der Waals surface area contributed by atoms with Gasteiger partial charge in [-0.05, 0) is 49.1 Å². The number of nitrogens with zero attached hydrogens (tertiary/aromatic N) is 2. The average Bonchev–Trinajstić information content (AvgIpc) is 3.25. The maximum Gasteiger partial charge on any atom is 0.243 e. The van der Waals surface area contributed by atoms with Crippen LogP contribution in [0.5, 0.6) is 0 Å². The summed E-state index contributed by atoms with van der Waals surface area (Å²) in [6.45, 7) is 0.668. The van der Waals surface area contributed by atoms with E-state index in [2.05, 4.69) is 5.32 Å². The molecular weight excluding hydrogens is 438 g/mol. The van der Waals surface area contributed by atoms with E-state index in [1.165, 1.54) is 42.7 Å². The quantitative estimate of drug-likeness (QED) is 0.636. The van der Waals surface area contributed by atoms with Crippen molar-refractivity contribution >= 4 is 26.0 Å². The third kappa shape index (κ3) is 5.15. The summed E-state index contributed by atoms with van der Waals surface area (Å²) < 4.78 is 52.9. The summed E-state index contributed by atoms with van der Waals surface area (Å²) in [7, 11) is -4.77. The predicted molar refractivity (Wildman–Crippen MR) is 117 cm³/mol. The Bertz CT molecular complexity index is 1120. The van der Waals surface area contributed by atoms with Crippen molar-refractivity contribution in [3.63, 3.8) is 0 Å². The number of benzene rings is 2. The number of carbonyl (C=O) groups excluding carboxylic acids is 1. The number of hydrogen-bond acceptors (Lipinski definition) is 5. The SMILES string of the molecule is CN(C)S(=O)(=O)c1ccc(S(=O)(=O)N2CCC[C@@H]2C(=O)NCCc2ccccc2)cc1. The molecule has 2 aromatic rings. The first-order valence-electron chi connectivity index (χ1n) is 10.00. The highest BCUT2D eigenvalue weighted by Crippen LogP contribution is 2.27. The minimum atomic E-state index is -3.93. The number of amides is 1. The van der Waals surface area contributed by atoms with Crippen molar-refractivity contribution in [3.8, 4) is 0 Å². The molecule has 0 aliphatic carbocycles. The topological polar surface area (TPSA) is 104 Å². The maximum atomic E-state index is 13.1. The maximum absolute atomic E-state index is 13.1. The van der Waals surface area contributed by atoms with Crippen molar-refractivity contribution in [2.45, 2.75) is 35.1 Å². The summed E-state index contributed by atoms with van der Waals surface area (Å²) in [5.74, 6) is -0.316. The van der Waals surface area contributed by atoms with Crippen LogP contribution >= 0.6 is 0 Å². The highest BCUT2D eigenvalue weighted by atomic mass is 32.2. The van der Waals surface area contributed by atoms with Gasteiger partial charge in [0.25, 0.3) is 0 Å². The van der Waals surface area contributed by atoms with Crippen molar-refractivity contribution in [3.05, 3.63) is 60.2 Å². The molecule has 31 heavy (non-hydrogen) atoms. The van der Waals surface area contributed by atoms with Crippen molar-refractivity contribution in [2.24, 2.45) is 0 Å². The van der Waals surface area contributed by atoms with Crippen LogP contribution in [0.4, 0.5) is 0 Å². The fourth-order valence-electron chi connectivity index (χ4n) is 3.51. The minimum Gasteiger partial charge on any atom is -0.354 e. The van der Waals surface area contributed by atoms with E-state index in [9.17, 15) is 21.6 Å². The van der Waals surface area contributed by atoms with Crippen LogP contribution < -0.4 is 5.32 Å². The standard InChI is InChI=1S/C21H27N3O5S2/c1-23(2)30(26,27)18-10-12-19(13-11-18)31(28,29)24-16-6-9-20(24)21(25)22-15-14-17-7-4-3-5-8-17/h3-5,7-8,10-13,20H,6,9,14-16H2,1-2H3,(H,22,25)/t20-/m1/s1. The highest BCUT2D eigenvalue weighted by molar-refractivity contribution is 7.89. The van der Waals surface area contributed by atoms with Crippen LogP contribution in [-0.4, -0.2) is 64.6 Å². The third-order valence-corrected chi connectivity index (χ3v) is 9.02. The molecule has 1 saturated heterocycles. The molecule has 0 unspecified atom stereocenters. The monoisotopic (exact) mass is 465 g/mol. The molecule has 168 valence electrons. The molecule has 10 heteroatoms. The Balaban J connectivity index is 1.70. The van der Waals surface area contributed by atoms with Crippen molar-refractivity contribution in [1.29, 1.82) is 0 Å². The van der Waals surface area contributed by atoms with E-state index in [1.54, 1.807) is 0 Å². The number of nitrogens with one attached hydrogen (secondary N) is 1. The van der Waals surface area contributed by atoms with Gasteiger partial charge in [-0.1, -0.05) is 30.3 Å². The molecule has 1 heterocycles. The first-order valence-corrected chi connectivity index (χ1v) is 12.9. The molecule has 0 saturated carbocycles. The van der Waals surface area contributed by atoms with Gasteiger partial charge >= 0.3 is 0 Å². The molecule has 1 aliphatic rings. The summed E-state index contributed by atoms with van der Waals surface area (Å²) >= 11 is 0. The molecule has 0 bridgehead atoms. The molecule has 0 spiro atoms. The van der Waals surface area contributed by atoms with Crippen LogP contribution in [-0.2, 0) is 31.3 Å². The molecule has 1 aliphatic heterocycles. The zero-order chi connectivity index (χ0) is 22.6. The molecule has 1 atom stereocenters. The van der Waals surface area contributed by atoms with Gasteiger partial charge in [0.15, 0.2) is 0 Å². The van der Waals surface area contributed by atoms with Crippen LogP contribution in [0.2, 0.25) is 0 Å². The summed E-state index contributed by atoms with van der Waals surface area (Å²) in [4.78, 5) is 12.7. The van der Waals surface area contributed by atoms with Crippen molar-refractivity contribution in [2.75, 3.05) is 27.2 Å². The van der Waals surface area contributed by atoms with Gasteiger partial charge in [-0.3, -0.25) is 4.79 Å². The van der Waals surface area contributed by atoms with Crippen molar-refractivity contribution < 1.29 is 21.6 Å². The molecule has 0 radical (unpaired) electrons. The van der Waals surface area contributed by atoms with Gasteiger partial charge < -0.3 is 5.32 Å². The van der Waals surface area contributed by atoms with Crippen LogP contribution in [0.1, 0.15) is 18.4 Å². The Morgan fingerprint density at radius 2 is 1.61 bits per heavy atom. The highest BCUT2D eigenvalue weighted by Gasteiger charge is 2.39. The Kier molecular flexibility index (Phi) is 7.15. The lowest BCUT2D eigenvalue weighted by Crippen LogP contribution is -2.46. The molecule has 2 aromatic carbocycles. The lowest BCUT2D eigenvalue weighted by atomic mass is 10.1. The molecule has 1 amide bonds. The molecule has 0 aromatic heterocycles. The average molecular weight is 466 g/mol. The van der Waals surface area contributed by atoms with Crippen LogP contribution in [0.25, 0.3) is 0 Å². The molecular formula is C21H27N3O5S2. The van der Waals surface area contributed by atoms with Gasteiger partial charge in [-0.15, -0.1) is 0 Å². The van der Waals surface area contributed by atoms with E-state index < -0.39 is 26.1 Å². The molecule has 8 nitrogen and oxygen atoms in total. The summed E-state index contributed by atoms with van der Waals surface area (Å²) in [5, 5.41) is 2.84. The number of carbonyl (C=O) groups is 1. The van der Waals surface area contributed by atoms with Gasteiger partial charge in [0.1, 0.15) is 6.04 Å². The Morgan fingerprint density at radius 3 is 2.23 bits per heavy atom. The lowest BCUT2D eigenvalue weighted by molar-refractivity contribution is -0.124. The van der Waals surface area contributed by atoms with Crippen molar-refractivity contribution in [1.82, 2.24) is 13.9 Å². The zero-order valence-electron chi connectivity index (χ0n) is 17.6. The number of sulfonamides is 2. The first-order chi connectivity index (χ1) is 14.6. The molecule has 1 N–H and O–H groups in total. The van der Waals surface area contributed by atoms with Gasteiger partial charge in [0.05, 0.1) is 9.79 Å². The Morgan fingerprint density at radius 1 is 1.00 bits per heavy atom. The predicted octanol–water partition coefficient (Wildman–Crippen LogP) is 1.45. The van der Waals surface area contributed by atoms with Crippen LogP contribution in [0.3, 0.4) is 0 Å². The minimum absolute atomic E-state index is 0.00748. The van der Waals surface area contributed by atoms with Gasteiger partial charge in [0, 0.05) is 27.2 Å². The fraction of sp³-hybridized carbons (Fsp3) is 0.381. The van der Waals surface area contributed by atoms with Gasteiger partial charge in [-0.2, -0.15) is 4.31 Å². The van der Waals surface area contributed by atoms with Gasteiger partial charge in [-0.25, -0.2) is 21.1 Å². The lowest BCUT2D eigenvalue weighted by Gasteiger charge is -2.23. The number of rotatable bonds is 8. The van der Waals surface area contributed by atoms with E-state index in [0.29, 0.717) is 25.8 Å². The van der Waals surface area contributed by atoms with Crippen LogP contribution in [0.15, 0.2) is 64.4 Å². The molecule has 3 rings (SSSR count). The second kappa shape index (κ2) is 9.47. The third-order valence-electron chi connectivity index (χ3n) is 5.27. The Hall–Kier alpha value is -2.27. The normalized spacial score (nSPS) is 17.7. The fourth-order valence-corrected chi connectivity index (χ4v) is 6.07. The van der Waals surface area contributed by atoms with E-state index in [1.807, 2.05) is 30.3 Å². The zero-order valence-corrected chi connectivity index (χ0v) is 19.2. The van der Waals surface area contributed by atoms with Crippen LogP contribution in [0, 0.1) is 0 Å². The van der Waals surface area contributed by atoms with E-state index in [-0.39, 0.29) is 22.2 Å². The van der Waals surface area contributed by atoms with E-state index in [0.717, 1.165) is 9.87 Å². The summed E-state index contributed by atoms with van der Waals surface area (Å²) in [5.41, 5.74) is 1.09. The van der Waals surface area contributed by atoms with E-state index in [4.69, 9.17) is 0 Å².